The average Bonchev–Trinajstić information content (AvgIpc) is 3.25. The SMILES string of the molecule is O=C(NC1CCCN(c2cccnn2)C1)c1ccc(-c2cccc(C(F)(F)F)c2)o1. The molecule has 0 bridgehead atoms. The molecule has 0 radical (unpaired) electrons. The maximum atomic E-state index is 12.9. The van der Waals surface area contributed by atoms with Crippen molar-refractivity contribution in [2.24, 2.45) is 0 Å². The highest BCUT2D eigenvalue weighted by Crippen LogP contribution is 2.32. The lowest BCUT2D eigenvalue weighted by molar-refractivity contribution is -0.137. The molecule has 1 aliphatic rings. The molecule has 1 unspecified atom stereocenters. The second-order valence-corrected chi connectivity index (χ2v) is 7.08. The van der Waals surface area contributed by atoms with Crippen molar-refractivity contribution >= 4 is 11.7 Å². The summed E-state index contributed by atoms with van der Waals surface area (Å²) in [4.78, 5) is 14.6. The molecule has 1 N–H and O–H groups in total. The maximum Gasteiger partial charge on any atom is 0.416 e. The first-order valence-electron chi connectivity index (χ1n) is 9.51. The van der Waals surface area contributed by atoms with Gasteiger partial charge in [-0.25, -0.2) is 0 Å². The molecule has 6 nitrogen and oxygen atoms in total. The van der Waals surface area contributed by atoms with Gasteiger partial charge in [0, 0.05) is 30.9 Å². The third-order valence-electron chi connectivity index (χ3n) is 4.94. The van der Waals surface area contributed by atoms with Crippen LogP contribution in [0.3, 0.4) is 0 Å². The van der Waals surface area contributed by atoms with Gasteiger partial charge in [0.1, 0.15) is 5.76 Å². The lowest BCUT2D eigenvalue weighted by Crippen LogP contribution is -2.48. The number of carbonyl (C=O) groups excluding carboxylic acids is 1. The number of nitrogens with one attached hydrogen (secondary N) is 1. The molecule has 1 aliphatic heterocycles. The molecular formula is C21H19F3N4O2. The van der Waals surface area contributed by atoms with Gasteiger partial charge in [0.2, 0.25) is 0 Å². The first kappa shape index (κ1) is 19.9. The standard InChI is InChI=1S/C21H19F3N4O2/c22-21(23,24)15-5-1-4-14(12-15)17-8-9-18(30-17)20(29)26-16-6-3-11-28(13-16)19-7-2-10-25-27-19/h1-2,4-5,7-10,12,16H,3,6,11,13H2,(H,26,29). The van der Waals surface area contributed by atoms with Gasteiger partial charge >= 0.3 is 6.18 Å². The van der Waals surface area contributed by atoms with Crippen LogP contribution in [0.1, 0.15) is 29.0 Å². The van der Waals surface area contributed by atoms with E-state index in [9.17, 15) is 18.0 Å². The summed E-state index contributed by atoms with van der Waals surface area (Å²) in [6, 6.07) is 11.3. The molecular weight excluding hydrogens is 397 g/mol. The molecule has 156 valence electrons. The number of hydrogen-bond acceptors (Lipinski definition) is 5. The van der Waals surface area contributed by atoms with Crippen molar-refractivity contribution in [3.8, 4) is 11.3 Å². The van der Waals surface area contributed by atoms with E-state index in [0.29, 0.717) is 6.54 Å². The Labute approximate surface area is 170 Å². The number of furan rings is 1. The third kappa shape index (κ3) is 4.45. The van der Waals surface area contributed by atoms with E-state index in [1.807, 2.05) is 12.1 Å². The number of anilines is 1. The van der Waals surface area contributed by atoms with E-state index in [4.69, 9.17) is 4.42 Å². The Morgan fingerprint density at radius 3 is 2.80 bits per heavy atom. The van der Waals surface area contributed by atoms with Crippen LogP contribution in [0.5, 0.6) is 0 Å². The predicted octanol–water partition coefficient (Wildman–Crippen LogP) is 4.15. The van der Waals surface area contributed by atoms with Crippen LogP contribution in [-0.2, 0) is 6.18 Å². The number of alkyl halides is 3. The van der Waals surface area contributed by atoms with Crippen molar-refractivity contribution < 1.29 is 22.4 Å². The number of amides is 1. The number of piperidine rings is 1. The Balaban J connectivity index is 1.43. The van der Waals surface area contributed by atoms with Crippen LogP contribution in [0.25, 0.3) is 11.3 Å². The van der Waals surface area contributed by atoms with E-state index in [2.05, 4.69) is 20.4 Å². The number of rotatable bonds is 4. The van der Waals surface area contributed by atoms with Gasteiger partial charge in [-0.15, -0.1) is 5.10 Å². The first-order chi connectivity index (χ1) is 14.4. The zero-order chi connectivity index (χ0) is 21.1. The fourth-order valence-electron chi connectivity index (χ4n) is 3.49. The minimum absolute atomic E-state index is 0.0547. The molecule has 9 heteroatoms. The average molecular weight is 416 g/mol. The topological polar surface area (TPSA) is 71.3 Å². The highest BCUT2D eigenvalue weighted by molar-refractivity contribution is 5.92. The van der Waals surface area contributed by atoms with Gasteiger partial charge in [0.05, 0.1) is 5.56 Å². The van der Waals surface area contributed by atoms with E-state index in [1.54, 1.807) is 6.20 Å². The van der Waals surface area contributed by atoms with Crippen molar-refractivity contribution in [3.05, 3.63) is 66.1 Å². The van der Waals surface area contributed by atoms with Gasteiger partial charge < -0.3 is 14.6 Å². The Hall–Kier alpha value is -3.36. The normalized spacial score (nSPS) is 17.0. The molecule has 30 heavy (non-hydrogen) atoms. The Bertz CT molecular complexity index is 1020. The molecule has 1 aromatic carbocycles. The summed E-state index contributed by atoms with van der Waals surface area (Å²) < 4.78 is 44.3. The van der Waals surface area contributed by atoms with Crippen LogP contribution in [0.15, 0.2) is 59.1 Å². The molecule has 0 spiro atoms. The van der Waals surface area contributed by atoms with Gasteiger partial charge in [0.15, 0.2) is 11.6 Å². The van der Waals surface area contributed by atoms with Crippen LogP contribution in [0.4, 0.5) is 19.0 Å². The zero-order valence-corrected chi connectivity index (χ0v) is 15.9. The summed E-state index contributed by atoms with van der Waals surface area (Å²) in [6.45, 7) is 1.41. The highest BCUT2D eigenvalue weighted by atomic mass is 19.4. The number of nitrogens with zero attached hydrogens (tertiary/aromatic N) is 3. The molecule has 0 aliphatic carbocycles. The molecule has 1 saturated heterocycles. The summed E-state index contributed by atoms with van der Waals surface area (Å²) >= 11 is 0. The van der Waals surface area contributed by atoms with Crippen molar-refractivity contribution in [1.29, 1.82) is 0 Å². The van der Waals surface area contributed by atoms with Crippen LogP contribution >= 0.6 is 0 Å². The number of aromatic nitrogens is 2. The number of carbonyl (C=O) groups is 1. The maximum absolute atomic E-state index is 12.9. The van der Waals surface area contributed by atoms with Crippen LogP contribution < -0.4 is 10.2 Å². The quantitative estimate of drug-likeness (QED) is 0.692. The largest absolute Gasteiger partial charge is 0.451 e. The molecule has 1 atom stereocenters. The number of benzene rings is 1. The Morgan fingerprint density at radius 1 is 1.17 bits per heavy atom. The lowest BCUT2D eigenvalue weighted by atomic mass is 10.1. The number of hydrogen-bond donors (Lipinski definition) is 1. The summed E-state index contributed by atoms with van der Waals surface area (Å²) in [5, 5.41) is 10.9. The van der Waals surface area contributed by atoms with Crippen molar-refractivity contribution in [3.63, 3.8) is 0 Å². The van der Waals surface area contributed by atoms with E-state index in [-0.39, 0.29) is 23.1 Å². The minimum Gasteiger partial charge on any atom is -0.451 e. The molecule has 0 saturated carbocycles. The fraction of sp³-hybridized carbons (Fsp3) is 0.286. The van der Waals surface area contributed by atoms with E-state index >= 15 is 0 Å². The van der Waals surface area contributed by atoms with Crippen LogP contribution in [0.2, 0.25) is 0 Å². The highest BCUT2D eigenvalue weighted by Gasteiger charge is 2.31. The lowest BCUT2D eigenvalue weighted by Gasteiger charge is -2.33. The second-order valence-electron chi connectivity index (χ2n) is 7.08. The summed E-state index contributed by atoms with van der Waals surface area (Å²) in [5.74, 6) is 0.607. The van der Waals surface area contributed by atoms with Crippen LogP contribution in [-0.4, -0.2) is 35.2 Å². The van der Waals surface area contributed by atoms with Gasteiger partial charge in [-0.3, -0.25) is 4.79 Å². The number of halogens is 3. The first-order valence-corrected chi connectivity index (χ1v) is 9.51. The van der Waals surface area contributed by atoms with E-state index in [1.165, 1.54) is 24.3 Å². The second kappa shape index (κ2) is 8.17. The zero-order valence-electron chi connectivity index (χ0n) is 15.9. The molecule has 2 aromatic heterocycles. The van der Waals surface area contributed by atoms with Crippen molar-refractivity contribution in [1.82, 2.24) is 15.5 Å². The smallest absolute Gasteiger partial charge is 0.416 e. The van der Waals surface area contributed by atoms with Crippen LogP contribution in [0, 0.1) is 0 Å². The molecule has 4 rings (SSSR count). The fourth-order valence-corrected chi connectivity index (χ4v) is 3.49. The van der Waals surface area contributed by atoms with Gasteiger partial charge in [-0.05, 0) is 49.2 Å². The van der Waals surface area contributed by atoms with Gasteiger partial charge in [-0.1, -0.05) is 12.1 Å². The molecule has 1 fully saturated rings. The summed E-state index contributed by atoms with van der Waals surface area (Å²) in [6.07, 6.45) is -1.15. The summed E-state index contributed by atoms with van der Waals surface area (Å²) in [5.41, 5.74) is -0.510. The third-order valence-corrected chi connectivity index (χ3v) is 4.94. The van der Waals surface area contributed by atoms with E-state index < -0.39 is 17.6 Å². The van der Waals surface area contributed by atoms with Gasteiger partial charge in [0.25, 0.3) is 5.91 Å². The summed E-state index contributed by atoms with van der Waals surface area (Å²) in [7, 11) is 0. The van der Waals surface area contributed by atoms with Gasteiger partial charge in [-0.2, -0.15) is 18.3 Å². The molecule has 3 aromatic rings. The Morgan fingerprint density at radius 2 is 2.03 bits per heavy atom. The molecule has 1 amide bonds. The van der Waals surface area contributed by atoms with Crippen molar-refractivity contribution in [2.45, 2.75) is 25.1 Å². The van der Waals surface area contributed by atoms with E-state index in [0.717, 1.165) is 37.3 Å². The Kier molecular flexibility index (Phi) is 5.43. The van der Waals surface area contributed by atoms with Crippen molar-refractivity contribution in [2.75, 3.05) is 18.0 Å². The predicted molar refractivity (Wildman–Crippen MR) is 104 cm³/mol. The monoisotopic (exact) mass is 416 g/mol. The minimum atomic E-state index is -4.45. The molecule has 3 heterocycles.